The zero-order valence-corrected chi connectivity index (χ0v) is 11.0. The summed E-state index contributed by atoms with van der Waals surface area (Å²) < 4.78 is 0. The molecule has 0 radical (unpaired) electrons. The van der Waals surface area contributed by atoms with Gasteiger partial charge in [0, 0.05) is 12.5 Å². The van der Waals surface area contributed by atoms with Crippen LogP contribution in [0.15, 0.2) is 0 Å². The van der Waals surface area contributed by atoms with Crippen molar-refractivity contribution in [3.05, 3.63) is 5.82 Å². The third kappa shape index (κ3) is 4.70. The molecule has 1 heterocycles. The van der Waals surface area contributed by atoms with Crippen molar-refractivity contribution < 1.29 is 0 Å². The van der Waals surface area contributed by atoms with Gasteiger partial charge in [-0.3, -0.25) is 0 Å². The van der Waals surface area contributed by atoms with Gasteiger partial charge in [-0.05, 0) is 23.6 Å². The molecule has 16 heavy (non-hydrogen) atoms. The van der Waals surface area contributed by atoms with Gasteiger partial charge < -0.3 is 5.32 Å². The van der Waals surface area contributed by atoms with Crippen molar-refractivity contribution >= 4 is 0 Å². The number of aryl methyl sites for hydroxylation is 1. The SMILES string of the molecule is CCNC(Cc1nnn(C)n1)CC(C)(C)C. The molecule has 0 aromatic carbocycles. The van der Waals surface area contributed by atoms with E-state index in [-0.39, 0.29) is 0 Å². The molecule has 1 unspecified atom stereocenters. The van der Waals surface area contributed by atoms with E-state index in [0.29, 0.717) is 11.5 Å². The van der Waals surface area contributed by atoms with Crippen molar-refractivity contribution in [2.24, 2.45) is 12.5 Å². The lowest BCUT2D eigenvalue weighted by molar-refractivity contribution is 0.307. The van der Waals surface area contributed by atoms with Gasteiger partial charge in [-0.15, -0.1) is 10.2 Å². The first kappa shape index (κ1) is 13.1. The van der Waals surface area contributed by atoms with E-state index in [2.05, 4.69) is 48.4 Å². The van der Waals surface area contributed by atoms with Crippen LogP contribution in [-0.4, -0.2) is 32.8 Å². The summed E-state index contributed by atoms with van der Waals surface area (Å²) in [4.78, 5) is 1.51. The molecular weight excluding hydrogens is 202 g/mol. The minimum absolute atomic E-state index is 0.315. The van der Waals surface area contributed by atoms with Crippen molar-refractivity contribution in [2.45, 2.75) is 46.6 Å². The van der Waals surface area contributed by atoms with E-state index in [4.69, 9.17) is 0 Å². The Bertz CT molecular complexity index is 312. The summed E-state index contributed by atoms with van der Waals surface area (Å²) in [5.41, 5.74) is 0.315. The molecule has 1 atom stereocenters. The molecule has 0 aliphatic heterocycles. The molecule has 1 aromatic rings. The van der Waals surface area contributed by atoms with Crippen LogP contribution >= 0.6 is 0 Å². The molecular formula is C11H23N5. The van der Waals surface area contributed by atoms with Gasteiger partial charge in [-0.25, -0.2) is 0 Å². The summed E-state index contributed by atoms with van der Waals surface area (Å²) in [6.07, 6.45) is 1.96. The van der Waals surface area contributed by atoms with Crippen LogP contribution in [0.2, 0.25) is 0 Å². The van der Waals surface area contributed by atoms with Crippen molar-refractivity contribution in [3.63, 3.8) is 0 Å². The van der Waals surface area contributed by atoms with Crippen LogP contribution < -0.4 is 5.32 Å². The Labute approximate surface area is 97.6 Å². The lowest BCUT2D eigenvalue weighted by atomic mass is 9.87. The van der Waals surface area contributed by atoms with Crippen LogP contribution in [0.5, 0.6) is 0 Å². The first-order valence-electron chi connectivity index (χ1n) is 5.87. The lowest BCUT2D eigenvalue weighted by Gasteiger charge is -2.25. The minimum Gasteiger partial charge on any atom is -0.314 e. The van der Waals surface area contributed by atoms with Crippen LogP contribution in [0.25, 0.3) is 0 Å². The van der Waals surface area contributed by atoms with Crippen LogP contribution in [0.3, 0.4) is 0 Å². The number of likely N-dealkylation sites (N-methyl/N-ethyl adjacent to an activating group) is 1. The molecule has 0 aliphatic carbocycles. The highest BCUT2D eigenvalue weighted by molar-refractivity contribution is 4.86. The Balaban J connectivity index is 2.57. The number of nitrogens with one attached hydrogen (secondary N) is 1. The Hall–Kier alpha value is -0.970. The fourth-order valence-corrected chi connectivity index (χ4v) is 1.87. The van der Waals surface area contributed by atoms with Gasteiger partial charge in [0.15, 0.2) is 5.82 Å². The number of aromatic nitrogens is 4. The Morgan fingerprint density at radius 1 is 1.38 bits per heavy atom. The maximum atomic E-state index is 4.22. The van der Waals surface area contributed by atoms with Gasteiger partial charge in [0.2, 0.25) is 0 Å². The molecule has 0 saturated heterocycles. The first-order chi connectivity index (χ1) is 7.40. The second-order valence-corrected chi connectivity index (χ2v) is 5.42. The highest BCUT2D eigenvalue weighted by Crippen LogP contribution is 2.21. The summed E-state index contributed by atoms with van der Waals surface area (Å²) in [5.74, 6) is 0.817. The molecule has 0 saturated carbocycles. The highest BCUT2D eigenvalue weighted by atomic mass is 15.6. The van der Waals surface area contributed by atoms with Gasteiger partial charge in [-0.2, -0.15) is 4.80 Å². The van der Waals surface area contributed by atoms with Crippen LogP contribution in [0, 0.1) is 5.41 Å². The summed E-state index contributed by atoms with van der Waals surface area (Å²) >= 11 is 0. The lowest BCUT2D eigenvalue weighted by Crippen LogP contribution is -2.35. The van der Waals surface area contributed by atoms with Gasteiger partial charge in [0.25, 0.3) is 0 Å². The molecule has 0 spiro atoms. The molecule has 0 fully saturated rings. The number of nitrogens with zero attached hydrogens (tertiary/aromatic N) is 4. The van der Waals surface area contributed by atoms with Crippen LogP contribution in [0.4, 0.5) is 0 Å². The topological polar surface area (TPSA) is 55.6 Å². The maximum absolute atomic E-state index is 4.22. The number of hydrogen-bond acceptors (Lipinski definition) is 4. The molecule has 1 aromatic heterocycles. The molecule has 92 valence electrons. The van der Waals surface area contributed by atoms with Crippen LogP contribution in [0.1, 0.15) is 39.9 Å². The summed E-state index contributed by atoms with van der Waals surface area (Å²) in [5, 5.41) is 15.6. The van der Waals surface area contributed by atoms with Crippen molar-refractivity contribution in [1.29, 1.82) is 0 Å². The molecule has 0 aliphatic rings. The summed E-state index contributed by atoms with van der Waals surface area (Å²) in [6, 6.07) is 0.425. The average Bonchev–Trinajstić information content (AvgIpc) is 2.48. The molecule has 1 N–H and O–H groups in total. The third-order valence-corrected chi connectivity index (χ3v) is 2.33. The normalized spacial score (nSPS) is 14.1. The summed E-state index contributed by atoms with van der Waals surface area (Å²) in [6.45, 7) is 9.85. The van der Waals surface area contributed by atoms with E-state index < -0.39 is 0 Å². The largest absolute Gasteiger partial charge is 0.314 e. The molecule has 1 rings (SSSR count). The molecule has 5 nitrogen and oxygen atoms in total. The second kappa shape index (κ2) is 5.39. The Morgan fingerprint density at radius 2 is 2.06 bits per heavy atom. The average molecular weight is 225 g/mol. The fraction of sp³-hybridized carbons (Fsp3) is 0.909. The van der Waals surface area contributed by atoms with Crippen LogP contribution in [-0.2, 0) is 13.5 Å². The van der Waals surface area contributed by atoms with E-state index in [0.717, 1.165) is 25.2 Å². The third-order valence-electron chi connectivity index (χ3n) is 2.33. The zero-order chi connectivity index (χ0) is 12.2. The zero-order valence-electron chi connectivity index (χ0n) is 11.0. The predicted octanol–water partition coefficient (Wildman–Crippen LogP) is 1.17. The number of tetrazole rings is 1. The molecule has 0 amide bonds. The van der Waals surface area contributed by atoms with Gasteiger partial charge in [0.05, 0.1) is 7.05 Å². The molecule has 0 bridgehead atoms. The van der Waals surface area contributed by atoms with Gasteiger partial charge >= 0.3 is 0 Å². The Morgan fingerprint density at radius 3 is 2.50 bits per heavy atom. The number of hydrogen-bond donors (Lipinski definition) is 1. The van der Waals surface area contributed by atoms with Crippen molar-refractivity contribution in [3.8, 4) is 0 Å². The smallest absolute Gasteiger partial charge is 0.176 e. The summed E-state index contributed by atoms with van der Waals surface area (Å²) in [7, 11) is 1.79. The van der Waals surface area contributed by atoms with E-state index in [9.17, 15) is 0 Å². The maximum Gasteiger partial charge on any atom is 0.176 e. The van der Waals surface area contributed by atoms with Crippen molar-refractivity contribution in [1.82, 2.24) is 25.5 Å². The minimum atomic E-state index is 0.315. The fourth-order valence-electron chi connectivity index (χ4n) is 1.87. The highest BCUT2D eigenvalue weighted by Gasteiger charge is 2.19. The Kier molecular flexibility index (Phi) is 4.41. The van der Waals surface area contributed by atoms with E-state index in [1.807, 2.05) is 0 Å². The van der Waals surface area contributed by atoms with E-state index >= 15 is 0 Å². The van der Waals surface area contributed by atoms with Gasteiger partial charge in [0.1, 0.15) is 0 Å². The van der Waals surface area contributed by atoms with E-state index in [1.54, 1.807) is 7.05 Å². The molecule has 5 heteroatoms. The van der Waals surface area contributed by atoms with Crippen molar-refractivity contribution in [2.75, 3.05) is 6.54 Å². The first-order valence-corrected chi connectivity index (χ1v) is 5.87. The monoisotopic (exact) mass is 225 g/mol. The van der Waals surface area contributed by atoms with Gasteiger partial charge in [-0.1, -0.05) is 27.7 Å². The predicted molar refractivity (Wildman–Crippen MR) is 64.0 cm³/mol. The quantitative estimate of drug-likeness (QED) is 0.817. The van der Waals surface area contributed by atoms with E-state index in [1.165, 1.54) is 4.80 Å². The number of rotatable bonds is 5. The second-order valence-electron chi connectivity index (χ2n) is 5.42. The standard InChI is InChI=1S/C11H23N5/c1-6-12-9(8-11(2,3)4)7-10-13-15-16(5)14-10/h9,12H,6-8H2,1-5H3.